The molecule has 4 nitrogen and oxygen atoms in total. The van der Waals surface area contributed by atoms with Gasteiger partial charge in [-0.05, 0) is 88.8 Å². The molecule has 0 spiro atoms. The van der Waals surface area contributed by atoms with Gasteiger partial charge >= 0.3 is 8.80 Å². The quantitative estimate of drug-likeness (QED) is 0.121. The Bertz CT molecular complexity index is 628. The van der Waals surface area contributed by atoms with Crippen molar-refractivity contribution in [3.63, 3.8) is 0 Å². The average molecular weight is 554 g/mol. The zero-order chi connectivity index (χ0) is 19.4. The van der Waals surface area contributed by atoms with Crippen LogP contribution in [0, 0.1) is 0 Å². The topological polar surface area (TPSA) is 40.6 Å². The van der Waals surface area contributed by atoms with E-state index < -0.39 is 8.80 Å². The van der Waals surface area contributed by atoms with Crippen LogP contribution >= 0.6 is 91.9 Å². The van der Waals surface area contributed by atoms with Crippen LogP contribution in [-0.2, 0) is 13.3 Å². The Balaban J connectivity index is 1.47. The number of para-hydroxylation sites is 1. The van der Waals surface area contributed by atoms with Crippen molar-refractivity contribution in [1.82, 2.24) is 4.98 Å². The third-order valence-corrected chi connectivity index (χ3v) is 22.7. The van der Waals surface area contributed by atoms with Crippen molar-refractivity contribution in [1.29, 1.82) is 0 Å². The molecule has 0 bridgehead atoms. The predicted octanol–water partition coefficient (Wildman–Crippen LogP) is 8.19. The number of thiazole rings is 1. The van der Waals surface area contributed by atoms with Crippen molar-refractivity contribution in [3.05, 3.63) is 24.3 Å². The summed E-state index contributed by atoms with van der Waals surface area (Å²) in [5.41, 5.74) is 1.08. The summed E-state index contributed by atoms with van der Waals surface area (Å²) in [5.74, 6) is 0.951. The molecule has 0 aliphatic heterocycles. The van der Waals surface area contributed by atoms with Crippen LogP contribution in [0.25, 0.3) is 10.2 Å². The van der Waals surface area contributed by atoms with E-state index in [1.54, 1.807) is 95.3 Å². The highest BCUT2D eigenvalue weighted by atomic mass is 34.0. The lowest BCUT2D eigenvalue weighted by molar-refractivity contribution is 0.106. The molecule has 2 aromatic rings. The van der Waals surface area contributed by atoms with Crippen molar-refractivity contribution in [2.24, 2.45) is 0 Å². The van der Waals surface area contributed by atoms with Gasteiger partial charge < -0.3 is 13.3 Å². The minimum absolute atomic E-state index is 0.622. The third-order valence-electron chi connectivity index (χ3n) is 3.04. The lowest BCUT2D eigenvalue weighted by atomic mass is 10.3. The van der Waals surface area contributed by atoms with Gasteiger partial charge in [-0.1, -0.05) is 22.9 Å². The number of fused-ring (bicyclic) bond motifs is 1. The number of rotatable bonds is 15. The molecule has 0 saturated heterocycles. The lowest BCUT2D eigenvalue weighted by Gasteiger charge is -2.25. The first-order chi connectivity index (χ1) is 13.2. The Morgan fingerprint density at radius 3 is 2.41 bits per heavy atom. The van der Waals surface area contributed by atoms with Gasteiger partial charge in [0.15, 0.2) is 4.34 Å². The SMILES string of the molecule is CCO[Si](CCSSSSSSSSc1nc2ccccc2s1)(OC)OC. The molecule has 0 aliphatic rings. The number of aromatic nitrogens is 1. The molecule has 14 heteroatoms. The van der Waals surface area contributed by atoms with Crippen LogP contribution in [-0.4, -0.2) is 40.4 Å². The minimum atomic E-state index is -2.44. The van der Waals surface area contributed by atoms with E-state index in [1.807, 2.05) is 23.8 Å². The molecule has 0 N–H and O–H groups in total. The van der Waals surface area contributed by atoms with Crippen molar-refractivity contribution in [2.75, 3.05) is 26.6 Å². The standard InChI is InChI=1S/C13H19NO3S9Si/c1-4-17-27(15-2,16-3)10-9-18-21-23-25-26-24-22-20-13-14-11-7-5-6-8-12(11)19-13/h5-8H,4,9-10H2,1-3H3. The average Bonchev–Trinajstić information content (AvgIpc) is 3.11. The fraction of sp³-hybridized carbons (Fsp3) is 0.462. The molecule has 0 unspecified atom stereocenters. The van der Waals surface area contributed by atoms with Crippen LogP contribution in [0.3, 0.4) is 0 Å². The molecule has 0 fully saturated rings. The van der Waals surface area contributed by atoms with Gasteiger partial charge in [0.2, 0.25) is 0 Å². The van der Waals surface area contributed by atoms with Crippen molar-refractivity contribution in [3.8, 4) is 0 Å². The molecule has 0 amide bonds. The Hall–Kier alpha value is 2.01. The van der Waals surface area contributed by atoms with Gasteiger partial charge in [-0.2, -0.15) is 0 Å². The Morgan fingerprint density at radius 1 is 1.00 bits per heavy atom. The van der Waals surface area contributed by atoms with Gasteiger partial charge in [0.1, 0.15) is 0 Å². The zero-order valence-corrected chi connectivity index (χ0v) is 23.1. The number of hydrogen-bond donors (Lipinski definition) is 0. The monoisotopic (exact) mass is 553 g/mol. The molecule has 0 atom stereocenters. The molecule has 1 aromatic carbocycles. The molecular weight excluding hydrogens is 535 g/mol. The first-order valence-corrected chi connectivity index (χ1v) is 20.7. The van der Waals surface area contributed by atoms with Crippen LogP contribution in [0.4, 0.5) is 0 Å². The summed E-state index contributed by atoms with van der Waals surface area (Å²) in [7, 11) is 15.1. The van der Waals surface area contributed by atoms with E-state index in [0.717, 1.165) is 21.7 Å². The second-order valence-electron chi connectivity index (χ2n) is 4.54. The fourth-order valence-corrected chi connectivity index (χ4v) is 23.1. The second-order valence-corrected chi connectivity index (χ2v) is 21.8. The van der Waals surface area contributed by atoms with E-state index in [1.165, 1.54) is 4.70 Å². The van der Waals surface area contributed by atoms with E-state index in [0.29, 0.717) is 6.61 Å². The molecule has 0 saturated carbocycles. The zero-order valence-electron chi connectivity index (χ0n) is 14.8. The molecule has 2 rings (SSSR count). The van der Waals surface area contributed by atoms with Gasteiger partial charge in [-0.15, -0.1) is 11.3 Å². The lowest BCUT2D eigenvalue weighted by Crippen LogP contribution is -2.44. The maximum atomic E-state index is 5.70. The van der Waals surface area contributed by atoms with Crippen LogP contribution in [0.5, 0.6) is 0 Å². The summed E-state index contributed by atoms with van der Waals surface area (Å²) in [6.07, 6.45) is 0. The van der Waals surface area contributed by atoms with Gasteiger partial charge in [0.05, 0.1) is 10.2 Å². The van der Waals surface area contributed by atoms with Crippen LogP contribution in [0.15, 0.2) is 28.6 Å². The molecule has 0 aliphatic carbocycles. The maximum Gasteiger partial charge on any atom is 0.501 e. The minimum Gasteiger partial charge on any atom is -0.377 e. The van der Waals surface area contributed by atoms with Gasteiger partial charge in [-0.3, -0.25) is 0 Å². The van der Waals surface area contributed by atoms with E-state index >= 15 is 0 Å². The smallest absolute Gasteiger partial charge is 0.377 e. The third kappa shape index (κ3) is 9.35. The summed E-state index contributed by atoms with van der Waals surface area (Å²) in [6, 6.07) is 9.09. The number of nitrogens with zero attached hydrogens (tertiary/aromatic N) is 1. The molecule has 0 radical (unpaired) electrons. The Kier molecular flexibility index (Phi) is 14.0. The maximum absolute atomic E-state index is 5.70. The van der Waals surface area contributed by atoms with Gasteiger partial charge in [-0.25, -0.2) is 4.98 Å². The van der Waals surface area contributed by atoms with E-state index in [-0.39, 0.29) is 0 Å². The molecular formula is C13H19NO3S9Si. The normalized spacial score (nSPS) is 12.1. The summed E-state index contributed by atoms with van der Waals surface area (Å²) in [6.45, 7) is 2.59. The second kappa shape index (κ2) is 14.9. The first-order valence-electron chi connectivity index (χ1n) is 7.62. The summed E-state index contributed by atoms with van der Waals surface area (Å²) >= 11 is 1.75. The van der Waals surface area contributed by atoms with Gasteiger partial charge in [0, 0.05) is 32.6 Å². The van der Waals surface area contributed by atoms with Crippen LogP contribution in [0.2, 0.25) is 6.04 Å². The van der Waals surface area contributed by atoms with Gasteiger partial charge in [0.25, 0.3) is 0 Å². The van der Waals surface area contributed by atoms with E-state index in [2.05, 4.69) is 23.2 Å². The summed E-state index contributed by atoms with van der Waals surface area (Å²) in [4.78, 5) is 4.62. The van der Waals surface area contributed by atoms with Crippen LogP contribution < -0.4 is 0 Å². The Labute approximate surface area is 195 Å². The number of hydrogen-bond acceptors (Lipinski definition) is 13. The van der Waals surface area contributed by atoms with E-state index in [4.69, 9.17) is 13.3 Å². The van der Waals surface area contributed by atoms with Crippen molar-refractivity contribution < 1.29 is 13.3 Å². The predicted molar refractivity (Wildman–Crippen MR) is 140 cm³/mol. The van der Waals surface area contributed by atoms with E-state index in [9.17, 15) is 0 Å². The summed E-state index contributed by atoms with van der Waals surface area (Å²) < 4.78 is 19.0. The molecule has 1 aromatic heterocycles. The van der Waals surface area contributed by atoms with Crippen LogP contribution in [0.1, 0.15) is 6.92 Å². The molecule has 1 heterocycles. The largest absolute Gasteiger partial charge is 0.501 e. The molecule has 152 valence electrons. The van der Waals surface area contributed by atoms with Crippen molar-refractivity contribution >= 4 is 111 Å². The number of benzene rings is 1. The fourth-order valence-electron chi connectivity index (χ4n) is 1.89. The first kappa shape index (κ1) is 25.3. The Morgan fingerprint density at radius 2 is 1.70 bits per heavy atom. The highest BCUT2D eigenvalue weighted by Gasteiger charge is 2.37. The highest BCUT2D eigenvalue weighted by Crippen LogP contribution is 2.58. The summed E-state index contributed by atoms with van der Waals surface area (Å²) in [5, 5.41) is 0. The van der Waals surface area contributed by atoms with Crippen molar-refractivity contribution in [2.45, 2.75) is 17.3 Å². The highest BCUT2D eigenvalue weighted by molar-refractivity contribution is 9.48. The molecule has 27 heavy (non-hydrogen) atoms.